The quantitative estimate of drug-likeness (QED) is 0.439. The molecule has 0 saturated carbocycles. The maximum atomic E-state index is 12.2. The Morgan fingerprint density at radius 1 is 1.08 bits per heavy atom. The van der Waals surface area contributed by atoms with Gasteiger partial charge in [0, 0.05) is 16.7 Å². The predicted octanol–water partition coefficient (Wildman–Crippen LogP) is 4.15. The fourth-order valence-corrected chi connectivity index (χ4v) is 3.00. The lowest BCUT2D eigenvalue weighted by atomic mass is 10.2. The largest absolute Gasteiger partial charge is 0.495 e. The molecular weight excluding hydrogens is 348 g/mol. The van der Waals surface area contributed by atoms with Gasteiger partial charge < -0.3 is 14.3 Å². The van der Waals surface area contributed by atoms with Crippen LogP contribution in [-0.4, -0.2) is 23.2 Å². The summed E-state index contributed by atoms with van der Waals surface area (Å²) in [6.45, 7) is 2.84. The summed E-state index contributed by atoms with van der Waals surface area (Å²) in [6.07, 6.45) is 3.00. The van der Waals surface area contributed by atoms with E-state index in [-0.39, 0.29) is 6.10 Å². The fourth-order valence-electron chi connectivity index (χ4n) is 2.27. The van der Waals surface area contributed by atoms with Crippen molar-refractivity contribution in [2.24, 2.45) is 0 Å². The van der Waals surface area contributed by atoms with Crippen LogP contribution in [-0.2, 0) is 31.7 Å². The number of aldehydes is 1. The molecule has 2 atom stereocenters. The number of aryl methyl sites for hydroxylation is 1. The third-order valence-corrected chi connectivity index (χ3v) is 4.82. The third-order valence-electron chi connectivity index (χ3n) is 3.73. The summed E-state index contributed by atoms with van der Waals surface area (Å²) < 4.78 is 23.5. The molecule has 0 N–H and O–H groups in total. The van der Waals surface area contributed by atoms with Crippen LogP contribution in [0.3, 0.4) is 0 Å². The van der Waals surface area contributed by atoms with Crippen LogP contribution in [0.15, 0.2) is 71.2 Å². The van der Waals surface area contributed by atoms with Gasteiger partial charge in [-0.2, -0.15) is 0 Å². The zero-order valence-corrected chi connectivity index (χ0v) is 15.7. The van der Waals surface area contributed by atoms with Gasteiger partial charge in [0.15, 0.2) is 0 Å². The van der Waals surface area contributed by atoms with Crippen molar-refractivity contribution < 1.29 is 18.5 Å². The molecule has 2 aromatic rings. The van der Waals surface area contributed by atoms with Gasteiger partial charge in [0.05, 0.1) is 30.3 Å². The van der Waals surface area contributed by atoms with Crippen LogP contribution in [0.2, 0.25) is 0 Å². The van der Waals surface area contributed by atoms with Crippen molar-refractivity contribution in [1.29, 1.82) is 0 Å². The zero-order chi connectivity index (χ0) is 18.6. The van der Waals surface area contributed by atoms with E-state index in [1.165, 1.54) is 11.7 Å². The van der Waals surface area contributed by atoms with Crippen molar-refractivity contribution in [1.82, 2.24) is 0 Å². The number of hydrogen-bond donors (Lipinski definition) is 0. The van der Waals surface area contributed by atoms with E-state index < -0.39 is 10.8 Å². The van der Waals surface area contributed by atoms with E-state index in [1.807, 2.05) is 61.5 Å². The van der Waals surface area contributed by atoms with Crippen molar-refractivity contribution in [3.8, 4) is 0 Å². The third kappa shape index (κ3) is 7.33. The Morgan fingerprint density at radius 2 is 1.81 bits per heavy atom. The Kier molecular flexibility index (Phi) is 8.79. The second-order valence-corrected chi connectivity index (χ2v) is 7.22. The minimum atomic E-state index is -1.27. The molecule has 0 radical (unpaired) electrons. The summed E-state index contributed by atoms with van der Waals surface area (Å²) in [5, 5.41) is 1.51. The molecule has 138 valence electrons. The Labute approximate surface area is 157 Å². The molecule has 5 heteroatoms. The highest BCUT2D eigenvalue weighted by Crippen LogP contribution is 2.11. The molecule has 0 fully saturated rings. The highest BCUT2D eigenvalue weighted by atomic mass is 32.2. The Bertz CT molecular complexity index is 711. The van der Waals surface area contributed by atoms with Gasteiger partial charge in [-0.3, -0.25) is 0 Å². The maximum Gasteiger partial charge on any atom is 0.121 e. The van der Waals surface area contributed by atoms with Crippen LogP contribution >= 0.6 is 0 Å². The molecule has 0 aliphatic carbocycles. The van der Waals surface area contributed by atoms with Crippen LogP contribution in [0.1, 0.15) is 24.0 Å². The molecule has 0 amide bonds. The van der Waals surface area contributed by atoms with E-state index >= 15 is 0 Å². The molecule has 26 heavy (non-hydrogen) atoms. The first-order valence-corrected chi connectivity index (χ1v) is 9.75. The predicted molar refractivity (Wildman–Crippen MR) is 103 cm³/mol. The van der Waals surface area contributed by atoms with E-state index in [9.17, 15) is 9.00 Å². The molecule has 4 nitrogen and oxygen atoms in total. The van der Waals surface area contributed by atoms with E-state index in [0.717, 1.165) is 22.3 Å². The van der Waals surface area contributed by atoms with Crippen molar-refractivity contribution >= 4 is 17.1 Å². The van der Waals surface area contributed by atoms with Gasteiger partial charge in [-0.25, -0.2) is 4.21 Å². The number of benzene rings is 2. The molecule has 0 aliphatic rings. The summed E-state index contributed by atoms with van der Waals surface area (Å²) in [7, 11) is -1.27. The van der Waals surface area contributed by atoms with Gasteiger partial charge in [0.25, 0.3) is 0 Å². The van der Waals surface area contributed by atoms with Crippen LogP contribution in [0, 0.1) is 6.92 Å². The number of hydrogen-bond acceptors (Lipinski definition) is 4. The van der Waals surface area contributed by atoms with E-state index in [4.69, 9.17) is 9.47 Å². The topological polar surface area (TPSA) is 52.6 Å². The monoisotopic (exact) mass is 372 g/mol. The van der Waals surface area contributed by atoms with Gasteiger partial charge >= 0.3 is 0 Å². The number of carbonyl (C=O) groups is 1. The van der Waals surface area contributed by atoms with Gasteiger partial charge in [0.1, 0.15) is 12.4 Å². The molecule has 0 bridgehead atoms. The molecule has 0 spiro atoms. The number of rotatable bonds is 11. The Morgan fingerprint density at radius 3 is 2.50 bits per heavy atom. The highest BCUT2D eigenvalue weighted by Gasteiger charge is 2.09. The van der Waals surface area contributed by atoms with Crippen molar-refractivity contribution in [3.05, 3.63) is 77.4 Å². The first-order valence-electron chi connectivity index (χ1n) is 8.53. The molecule has 0 heterocycles. The minimum Gasteiger partial charge on any atom is -0.495 e. The average molecular weight is 372 g/mol. The molecule has 0 aliphatic heterocycles. The van der Waals surface area contributed by atoms with Gasteiger partial charge in [0.2, 0.25) is 0 Å². The zero-order valence-electron chi connectivity index (χ0n) is 14.9. The standard InChI is InChI=1S/C21H24O4S/c1-18-9-11-21(12-10-18)26(23)15-14-25-20(8-5-13-22)17-24-16-19-6-3-2-4-7-19/h2-4,6-7,9-15,20H,5,8,16-17H2,1H3/b15-14+/t20-,26?/m0/s1. The van der Waals surface area contributed by atoms with Gasteiger partial charge in [-0.05, 0) is 31.0 Å². The molecule has 1 unspecified atom stereocenters. The smallest absolute Gasteiger partial charge is 0.121 e. The lowest BCUT2D eigenvalue weighted by molar-refractivity contribution is -0.108. The number of carbonyl (C=O) groups excluding carboxylic acids is 1. The second kappa shape index (κ2) is 11.4. The fraction of sp³-hybridized carbons (Fsp3) is 0.286. The van der Waals surface area contributed by atoms with Crippen molar-refractivity contribution in [2.75, 3.05) is 6.61 Å². The van der Waals surface area contributed by atoms with Gasteiger partial charge in [-0.15, -0.1) is 0 Å². The molecule has 2 aromatic carbocycles. The van der Waals surface area contributed by atoms with Crippen molar-refractivity contribution in [3.63, 3.8) is 0 Å². The molecule has 0 aromatic heterocycles. The van der Waals surface area contributed by atoms with Crippen LogP contribution in [0.5, 0.6) is 0 Å². The highest BCUT2D eigenvalue weighted by molar-refractivity contribution is 7.88. The maximum absolute atomic E-state index is 12.2. The minimum absolute atomic E-state index is 0.254. The lowest BCUT2D eigenvalue weighted by Crippen LogP contribution is -2.18. The average Bonchev–Trinajstić information content (AvgIpc) is 2.67. The summed E-state index contributed by atoms with van der Waals surface area (Å²) in [4.78, 5) is 11.4. The molecule has 0 saturated heterocycles. The molecular formula is C21H24O4S. The van der Waals surface area contributed by atoms with Gasteiger partial charge in [-0.1, -0.05) is 48.0 Å². The first kappa shape index (κ1) is 20.1. The lowest BCUT2D eigenvalue weighted by Gasteiger charge is -2.16. The summed E-state index contributed by atoms with van der Waals surface area (Å²) >= 11 is 0. The Hall–Kier alpha value is -2.24. The van der Waals surface area contributed by atoms with Crippen LogP contribution < -0.4 is 0 Å². The van der Waals surface area contributed by atoms with E-state index in [1.54, 1.807) is 0 Å². The van der Waals surface area contributed by atoms with Crippen molar-refractivity contribution in [2.45, 2.75) is 37.4 Å². The number of ether oxygens (including phenoxy) is 2. The summed E-state index contributed by atoms with van der Waals surface area (Å²) in [5.41, 5.74) is 2.20. The SMILES string of the molecule is Cc1ccc(S(=O)/C=C/O[C@@H](CCC=O)COCc2ccccc2)cc1. The van der Waals surface area contributed by atoms with E-state index in [2.05, 4.69) is 0 Å². The molecule has 2 rings (SSSR count). The normalized spacial score (nSPS) is 13.4. The van der Waals surface area contributed by atoms with E-state index in [0.29, 0.717) is 26.1 Å². The van der Waals surface area contributed by atoms with Crippen LogP contribution in [0.25, 0.3) is 0 Å². The van der Waals surface area contributed by atoms with Crippen LogP contribution in [0.4, 0.5) is 0 Å². The second-order valence-electron chi connectivity index (χ2n) is 5.89. The summed E-state index contributed by atoms with van der Waals surface area (Å²) in [6, 6.07) is 17.4. The first-order chi connectivity index (χ1) is 12.7. The summed E-state index contributed by atoms with van der Waals surface area (Å²) in [5.74, 6) is 0. The Balaban J connectivity index is 1.82.